The maximum absolute atomic E-state index is 12.0. The Hall–Kier alpha value is -2.03. The van der Waals surface area contributed by atoms with Crippen molar-refractivity contribution < 1.29 is 19.2 Å². The molecule has 1 heterocycles. The van der Waals surface area contributed by atoms with Gasteiger partial charge in [-0.25, -0.2) is 4.79 Å². The van der Waals surface area contributed by atoms with Crippen LogP contribution in [-0.2, 0) is 19.2 Å². The van der Waals surface area contributed by atoms with Crippen molar-refractivity contribution in [3.63, 3.8) is 0 Å². The molecule has 9 heteroatoms. The highest BCUT2D eigenvalue weighted by atomic mass is 32.1. The number of aldehydes is 1. The van der Waals surface area contributed by atoms with E-state index in [2.05, 4.69) is 14.5 Å². The monoisotopic (exact) mass is 314 g/mol. The van der Waals surface area contributed by atoms with Gasteiger partial charge in [0.2, 0.25) is 5.60 Å². The molecule has 2 N–H and O–H groups in total. The lowest BCUT2D eigenvalue weighted by Gasteiger charge is -2.26. The molecule has 0 fully saturated rings. The number of anilines is 1. The molecule has 0 amide bonds. The summed E-state index contributed by atoms with van der Waals surface area (Å²) in [5.74, 6) is -0.553. The molecule has 0 aliphatic carbocycles. The van der Waals surface area contributed by atoms with Crippen LogP contribution in [0.2, 0.25) is 0 Å². The third kappa shape index (κ3) is 5.10. The lowest BCUT2D eigenvalue weighted by Crippen LogP contribution is -2.40. The van der Waals surface area contributed by atoms with E-state index >= 15 is 0 Å². The highest BCUT2D eigenvalue weighted by Gasteiger charge is 2.35. The van der Waals surface area contributed by atoms with Gasteiger partial charge in [-0.05, 0) is 34.6 Å². The van der Waals surface area contributed by atoms with Gasteiger partial charge in [0.25, 0.3) is 0 Å². The standard InChI is InChI=1S/C12H18N4O4S/c1-11(2,3)19-9(18)12(4,5)20-15-7(6-17)8-14-10(13)21-16-8/h6H,1-5H3,(H2,13,14,16). The highest BCUT2D eigenvalue weighted by Crippen LogP contribution is 2.18. The minimum absolute atomic E-state index is 0.0486. The van der Waals surface area contributed by atoms with Crippen molar-refractivity contribution in [1.29, 1.82) is 0 Å². The predicted molar refractivity (Wildman–Crippen MR) is 77.9 cm³/mol. The van der Waals surface area contributed by atoms with Gasteiger partial charge in [-0.15, -0.1) is 0 Å². The molecule has 0 radical (unpaired) electrons. The van der Waals surface area contributed by atoms with Gasteiger partial charge in [0.1, 0.15) is 5.60 Å². The molecule has 1 aromatic heterocycles. The van der Waals surface area contributed by atoms with Gasteiger partial charge < -0.3 is 15.3 Å². The number of oxime groups is 1. The fourth-order valence-corrected chi connectivity index (χ4v) is 1.50. The molecule has 0 spiro atoms. The Kier molecular flexibility index (Phi) is 5.00. The van der Waals surface area contributed by atoms with E-state index in [1.807, 2.05) is 0 Å². The van der Waals surface area contributed by atoms with Crippen LogP contribution in [0.5, 0.6) is 0 Å². The molecular weight excluding hydrogens is 296 g/mol. The summed E-state index contributed by atoms with van der Waals surface area (Å²) in [5.41, 5.74) is 3.27. The van der Waals surface area contributed by atoms with Gasteiger partial charge in [-0.1, -0.05) is 5.16 Å². The van der Waals surface area contributed by atoms with Crippen LogP contribution in [0.4, 0.5) is 5.13 Å². The van der Waals surface area contributed by atoms with Gasteiger partial charge in [0, 0.05) is 11.5 Å². The van der Waals surface area contributed by atoms with Gasteiger partial charge in [-0.2, -0.15) is 9.36 Å². The zero-order valence-electron chi connectivity index (χ0n) is 12.5. The lowest BCUT2D eigenvalue weighted by atomic mass is 10.1. The SMILES string of the molecule is CC(C)(C)OC(=O)C(C)(C)ON=C(C=O)c1nsc(N)n1. The van der Waals surface area contributed by atoms with E-state index in [-0.39, 0.29) is 16.7 Å². The van der Waals surface area contributed by atoms with E-state index < -0.39 is 17.2 Å². The van der Waals surface area contributed by atoms with Gasteiger partial charge in [-0.3, -0.25) is 4.79 Å². The molecule has 116 valence electrons. The number of nitrogens with two attached hydrogens (primary N) is 1. The van der Waals surface area contributed by atoms with Crippen molar-refractivity contribution >= 4 is 34.6 Å². The summed E-state index contributed by atoms with van der Waals surface area (Å²) in [4.78, 5) is 31.9. The maximum atomic E-state index is 12.0. The zero-order chi connectivity index (χ0) is 16.3. The minimum Gasteiger partial charge on any atom is -0.457 e. The van der Waals surface area contributed by atoms with Crippen LogP contribution in [0.1, 0.15) is 40.4 Å². The molecule has 0 aliphatic heterocycles. The summed E-state index contributed by atoms with van der Waals surface area (Å²) >= 11 is 0.925. The highest BCUT2D eigenvalue weighted by molar-refractivity contribution is 7.09. The number of ether oxygens (including phenoxy) is 1. The van der Waals surface area contributed by atoms with E-state index in [9.17, 15) is 9.59 Å². The van der Waals surface area contributed by atoms with E-state index in [1.165, 1.54) is 13.8 Å². The topological polar surface area (TPSA) is 117 Å². The Balaban J connectivity index is 2.85. The quantitative estimate of drug-likeness (QED) is 0.375. The van der Waals surface area contributed by atoms with E-state index in [1.54, 1.807) is 20.8 Å². The molecule has 0 saturated carbocycles. The average molecular weight is 314 g/mol. The van der Waals surface area contributed by atoms with Gasteiger partial charge in [0.05, 0.1) is 0 Å². The number of aromatic nitrogens is 2. The summed E-state index contributed by atoms with van der Waals surface area (Å²) in [5, 5.41) is 3.82. The molecule has 1 aromatic rings. The summed E-state index contributed by atoms with van der Waals surface area (Å²) in [6.07, 6.45) is 0.423. The Morgan fingerprint density at radius 3 is 2.38 bits per heavy atom. The normalized spacial score (nSPS) is 12.9. The number of carbonyl (C=O) groups excluding carboxylic acids is 2. The van der Waals surface area contributed by atoms with Crippen LogP contribution in [0, 0.1) is 0 Å². The summed E-state index contributed by atoms with van der Waals surface area (Å²) in [6.45, 7) is 8.18. The first-order valence-corrected chi connectivity index (χ1v) is 6.87. The van der Waals surface area contributed by atoms with Crippen LogP contribution in [0.15, 0.2) is 5.16 Å². The van der Waals surface area contributed by atoms with Crippen molar-refractivity contribution in [3.8, 4) is 0 Å². The number of nitrogen functional groups attached to an aromatic ring is 1. The number of hydrogen-bond donors (Lipinski definition) is 1. The van der Waals surface area contributed by atoms with Crippen LogP contribution in [0.3, 0.4) is 0 Å². The Labute approximate surface area is 126 Å². The largest absolute Gasteiger partial charge is 0.457 e. The Morgan fingerprint density at radius 2 is 1.95 bits per heavy atom. The molecule has 0 aromatic carbocycles. The van der Waals surface area contributed by atoms with Crippen LogP contribution < -0.4 is 5.73 Å². The summed E-state index contributed by atoms with van der Waals surface area (Å²) in [6, 6.07) is 0. The van der Waals surface area contributed by atoms with Crippen LogP contribution in [0.25, 0.3) is 0 Å². The molecular formula is C12H18N4O4S. The summed E-state index contributed by atoms with van der Waals surface area (Å²) in [7, 11) is 0. The van der Waals surface area contributed by atoms with Crippen molar-refractivity contribution in [2.45, 2.75) is 45.8 Å². The lowest BCUT2D eigenvalue weighted by molar-refractivity contribution is -0.179. The van der Waals surface area contributed by atoms with E-state index in [0.717, 1.165) is 11.5 Å². The molecule has 0 saturated heterocycles. The number of rotatable bonds is 5. The minimum atomic E-state index is -1.36. The predicted octanol–water partition coefficient (Wildman–Crippen LogP) is 1.16. The summed E-state index contributed by atoms with van der Waals surface area (Å²) < 4.78 is 9.05. The molecule has 21 heavy (non-hydrogen) atoms. The second-order valence-corrected chi connectivity index (χ2v) is 6.44. The number of carbonyl (C=O) groups is 2. The average Bonchev–Trinajstić information content (AvgIpc) is 2.74. The third-order valence-electron chi connectivity index (χ3n) is 2.05. The molecule has 0 unspecified atom stereocenters. The van der Waals surface area contributed by atoms with Crippen LogP contribution >= 0.6 is 11.5 Å². The molecule has 0 bridgehead atoms. The first-order valence-electron chi connectivity index (χ1n) is 6.09. The zero-order valence-corrected chi connectivity index (χ0v) is 13.4. The number of esters is 1. The molecule has 8 nitrogen and oxygen atoms in total. The van der Waals surface area contributed by atoms with Crippen molar-refractivity contribution in [3.05, 3.63) is 5.82 Å². The fraction of sp³-hybridized carbons (Fsp3) is 0.583. The number of hydrogen-bond acceptors (Lipinski definition) is 9. The smallest absolute Gasteiger partial charge is 0.353 e. The van der Waals surface area contributed by atoms with Gasteiger partial charge in [0.15, 0.2) is 23.0 Å². The van der Waals surface area contributed by atoms with E-state index in [0.29, 0.717) is 6.29 Å². The van der Waals surface area contributed by atoms with Crippen LogP contribution in [-0.4, -0.2) is 38.5 Å². The first-order chi connectivity index (χ1) is 9.55. The second-order valence-electron chi connectivity index (χ2n) is 5.65. The molecule has 1 rings (SSSR count). The molecule has 0 atom stereocenters. The van der Waals surface area contributed by atoms with Crippen molar-refractivity contribution in [2.24, 2.45) is 5.16 Å². The third-order valence-corrected chi connectivity index (χ3v) is 2.59. The maximum Gasteiger partial charge on any atom is 0.353 e. The van der Waals surface area contributed by atoms with Crippen molar-refractivity contribution in [1.82, 2.24) is 9.36 Å². The first kappa shape index (κ1) is 17.0. The van der Waals surface area contributed by atoms with Crippen molar-refractivity contribution in [2.75, 3.05) is 5.73 Å². The fourth-order valence-electron chi connectivity index (χ4n) is 1.06. The Morgan fingerprint density at radius 1 is 1.33 bits per heavy atom. The second kappa shape index (κ2) is 6.17. The molecule has 0 aliphatic rings. The van der Waals surface area contributed by atoms with Gasteiger partial charge >= 0.3 is 5.97 Å². The van der Waals surface area contributed by atoms with E-state index in [4.69, 9.17) is 15.3 Å². The number of nitrogens with zero attached hydrogens (tertiary/aromatic N) is 3. The Bertz CT molecular complexity index is 560.